The van der Waals surface area contributed by atoms with Gasteiger partial charge in [0.2, 0.25) is 15.9 Å². The Hall–Kier alpha value is -1.40. The zero-order chi connectivity index (χ0) is 21.1. The molecule has 0 aromatic heterocycles. The normalized spacial score (nSPS) is 16.5. The van der Waals surface area contributed by atoms with Crippen molar-refractivity contribution in [2.75, 3.05) is 19.6 Å². The molecule has 1 aromatic carbocycles. The quantitative estimate of drug-likeness (QED) is 0.697. The van der Waals surface area contributed by atoms with E-state index in [0.29, 0.717) is 43.3 Å². The van der Waals surface area contributed by atoms with E-state index in [2.05, 4.69) is 19.2 Å². The van der Waals surface area contributed by atoms with Crippen molar-refractivity contribution in [2.24, 2.45) is 11.8 Å². The summed E-state index contributed by atoms with van der Waals surface area (Å²) in [6, 6.07) is 2.04. The molecule has 1 aliphatic rings. The molecule has 0 unspecified atom stereocenters. The topological polar surface area (TPSA) is 66.5 Å². The van der Waals surface area contributed by atoms with Crippen LogP contribution in [0.3, 0.4) is 0 Å². The van der Waals surface area contributed by atoms with Crippen molar-refractivity contribution >= 4 is 15.9 Å². The number of piperidine rings is 1. The molecule has 0 atom stereocenters. The molecule has 5 nitrogen and oxygen atoms in total. The van der Waals surface area contributed by atoms with Gasteiger partial charge in [-0.2, -0.15) is 4.31 Å². The van der Waals surface area contributed by atoms with Crippen molar-refractivity contribution < 1.29 is 13.2 Å². The van der Waals surface area contributed by atoms with Crippen molar-refractivity contribution in [3.8, 4) is 0 Å². The number of nitrogens with one attached hydrogen (secondary N) is 1. The maximum atomic E-state index is 13.3. The van der Waals surface area contributed by atoms with Crippen molar-refractivity contribution in [1.29, 1.82) is 0 Å². The van der Waals surface area contributed by atoms with Crippen molar-refractivity contribution in [2.45, 2.75) is 72.1 Å². The fourth-order valence-corrected chi connectivity index (χ4v) is 5.97. The van der Waals surface area contributed by atoms with Gasteiger partial charge in [-0.1, -0.05) is 19.9 Å². The van der Waals surface area contributed by atoms with Crippen molar-refractivity contribution in [1.82, 2.24) is 9.62 Å². The molecule has 0 saturated carbocycles. The Bertz CT molecular complexity index is 781. The van der Waals surface area contributed by atoms with Gasteiger partial charge in [0.25, 0.3) is 0 Å². The largest absolute Gasteiger partial charge is 0.356 e. The van der Waals surface area contributed by atoms with E-state index in [-0.39, 0.29) is 11.8 Å². The van der Waals surface area contributed by atoms with E-state index in [1.54, 1.807) is 4.31 Å². The van der Waals surface area contributed by atoms with Gasteiger partial charge in [0.15, 0.2) is 0 Å². The van der Waals surface area contributed by atoms with Crippen LogP contribution in [0.25, 0.3) is 0 Å². The van der Waals surface area contributed by atoms with E-state index >= 15 is 0 Å². The van der Waals surface area contributed by atoms with Crippen LogP contribution < -0.4 is 5.32 Å². The van der Waals surface area contributed by atoms with Gasteiger partial charge in [-0.15, -0.1) is 0 Å². The fourth-order valence-electron chi connectivity index (χ4n) is 3.92. The van der Waals surface area contributed by atoms with Crippen LogP contribution in [0.1, 0.15) is 61.8 Å². The lowest BCUT2D eigenvalue weighted by atomic mass is 9.97. The Kier molecular flexibility index (Phi) is 7.68. The number of carbonyl (C=O) groups excluding carboxylic acids is 1. The summed E-state index contributed by atoms with van der Waals surface area (Å²) in [7, 11) is -3.55. The molecular weight excluding hydrogens is 372 g/mol. The highest BCUT2D eigenvalue weighted by atomic mass is 32.2. The Balaban J connectivity index is 2.02. The van der Waals surface area contributed by atoms with Gasteiger partial charge >= 0.3 is 0 Å². The monoisotopic (exact) mass is 408 g/mol. The number of benzene rings is 1. The van der Waals surface area contributed by atoms with Crippen LogP contribution >= 0.6 is 0 Å². The summed E-state index contributed by atoms with van der Waals surface area (Å²) in [5, 5.41) is 3.02. The molecule has 0 radical (unpaired) electrons. The van der Waals surface area contributed by atoms with Crippen LogP contribution in [0.15, 0.2) is 11.0 Å². The highest BCUT2D eigenvalue weighted by Crippen LogP contribution is 2.31. The molecular formula is C22H36N2O3S. The van der Waals surface area contributed by atoms with Gasteiger partial charge in [0.1, 0.15) is 0 Å². The lowest BCUT2D eigenvalue weighted by molar-refractivity contribution is -0.126. The van der Waals surface area contributed by atoms with Gasteiger partial charge in [0.05, 0.1) is 4.90 Å². The first-order chi connectivity index (χ1) is 13.1. The molecule has 0 bridgehead atoms. The summed E-state index contributed by atoms with van der Waals surface area (Å²) in [4.78, 5) is 12.8. The maximum absolute atomic E-state index is 13.3. The van der Waals surface area contributed by atoms with Crippen molar-refractivity contribution in [3.63, 3.8) is 0 Å². The van der Waals surface area contributed by atoms with Crippen LogP contribution in [0.2, 0.25) is 0 Å². The highest BCUT2D eigenvalue weighted by Gasteiger charge is 2.34. The van der Waals surface area contributed by atoms with Crippen LogP contribution in [0.4, 0.5) is 0 Å². The summed E-state index contributed by atoms with van der Waals surface area (Å²) in [5.74, 6) is 0.619. The van der Waals surface area contributed by atoms with Gasteiger partial charge in [-0.25, -0.2) is 8.42 Å². The van der Waals surface area contributed by atoms with Crippen molar-refractivity contribution in [3.05, 3.63) is 28.3 Å². The molecule has 1 saturated heterocycles. The van der Waals surface area contributed by atoms with E-state index in [1.807, 2.05) is 33.8 Å². The third kappa shape index (κ3) is 5.15. The zero-order valence-corrected chi connectivity index (χ0v) is 19.1. The number of sulfonamides is 1. The standard InChI is InChI=1S/C22H36N2O3S/c1-15(2)8-7-11-23-22(25)20-9-12-24(13-10-20)28(26,27)21-18(5)16(3)14-17(4)19(21)6/h14-15,20H,7-13H2,1-6H3,(H,23,25). The summed E-state index contributed by atoms with van der Waals surface area (Å²) < 4.78 is 28.2. The van der Waals surface area contributed by atoms with Crippen LogP contribution in [-0.2, 0) is 14.8 Å². The SMILES string of the molecule is Cc1cc(C)c(C)c(S(=O)(=O)N2CCC(C(=O)NCCCC(C)C)CC2)c1C. The molecule has 1 fully saturated rings. The molecule has 0 spiro atoms. The minimum Gasteiger partial charge on any atom is -0.356 e. The number of hydrogen-bond donors (Lipinski definition) is 1. The summed E-state index contributed by atoms with van der Waals surface area (Å²) in [6.45, 7) is 13.5. The molecule has 1 aliphatic heterocycles. The first-order valence-electron chi connectivity index (χ1n) is 10.4. The predicted octanol–water partition coefficient (Wildman–Crippen LogP) is 3.87. The van der Waals surface area contributed by atoms with E-state index in [9.17, 15) is 13.2 Å². The fraction of sp³-hybridized carbons (Fsp3) is 0.682. The Morgan fingerprint density at radius 3 is 2.14 bits per heavy atom. The van der Waals surface area contributed by atoms with Gasteiger partial charge in [-0.05, 0) is 81.5 Å². The van der Waals surface area contributed by atoms with E-state index in [0.717, 1.165) is 35.1 Å². The zero-order valence-electron chi connectivity index (χ0n) is 18.3. The number of aryl methyl sites for hydroxylation is 2. The number of amides is 1. The second-order valence-corrected chi connectivity index (χ2v) is 10.5. The molecule has 6 heteroatoms. The van der Waals surface area contributed by atoms with Gasteiger partial charge < -0.3 is 5.32 Å². The number of rotatable bonds is 7. The maximum Gasteiger partial charge on any atom is 0.243 e. The average molecular weight is 409 g/mol. The second kappa shape index (κ2) is 9.40. The van der Waals surface area contributed by atoms with E-state index in [4.69, 9.17) is 0 Å². The molecule has 1 N–H and O–H groups in total. The number of carbonyl (C=O) groups is 1. The summed E-state index contributed by atoms with van der Waals surface area (Å²) in [5.41, 5.74) is 3.65. The Labute approximate surface area is 170 Å². The summed E-state index contributed by atoms with van der Waals surface area (Å²) >= 11 is 0. The second-order valence-electron chi connectivity index (χ2n) is 8.59. The van der Waals surface area contributed by atoms with Gasteiger partial charge in [0, 0.05) is 25.6 Å². The van der Waals surface area contributed by atoms with E-state index < -0.39 is 10.0 Å². The molecule has 0 aliphatic carbocycles. The minimum atomic E-state index is -3.55. The predicted molar refractivity (Wildman–Crippen MR) is 114 cm³/mol. The molecule has 2 rings (SSSR count). The smallest absolute Gasteiger partial charge is 0.243 e. The van der Waals surface area contributed by atoms with E-state index in [1.165, 1.54) is 0 Å². The lowest BCUT2D eigenvalue weighted by Crippen LogP contribution is -2.43. The van der Waals surface area contributed by atoms with Crippen LogP contribution in [0.5, 0.6) is 0 Å². The molecule has 1 aromatic rings. The van der Waals surface area contributed by atoms with Gasteiger partial charge in [-0.3, -0.25) is 4.79 Å². The third-order valence-corrected chi connectivity index (χ3v) is 8.15. The summed E-state index contributed by atoms with van der Waals surface area (Å²) in [6.07, 6.45) is 3.25. The first kappa shape index (κ1) is 22.9. The van der Waals surface area contributed by atoms with Crippen LogP contribution in [0, 0.1) is 39.5 Å². The Morgan fingerprint density at radius 2 is 1.64 bits per heavy atom. The highest BCUT2D eigenvalue weighted by molar-refractivity contribution is 7.89. The lowest BCUT2D eigenvalue weighted by Gasteiger charge is -2.31. The minimum absolute atomic E-state index is 0.0690. The van der Waals surface area contributed by atoms with Crippen LogP contribution in [-0.4, -0.2) is 38.3 Å². The number of hydrogen-bond acceptors (Lipinski definition) is 3. The number of nitrogens with zero attached hydrogens (tertiary/aromatic N) is 1. The molecule has 28 heavy (non-hydrogen) atoms. The first-order valence-corrected chi connectivity index (χ1v) is 11.8. The molecule has 1 heterocycles. The molecule has 158 valence electrons. The molecule has 1 amide bonds. The third-order valence-electron chi connectivity index (χ3n) is 5.98. The average Bonchev–Trinajstić information content (AvgIpc) is 2.63. The Morgan fingerprint density at radius 1 is 1.11 bits per heavy atom.